The Hall–Kier alpha value is -1.82. The van der Waals surface area contributed by atoms with Gasteiger partial charge in [-0.05, 0) is 62.8 Å². The Balaban J connectivity index is 2.00. The van der Waals surface area contributed by atoms with Crippen molar-refractivity contribution in [3.8, 4) is 0 Å². The fourth-order valence-electron chi connectivity index (χ4n) is 2.46. The van der Waals surface area contributed by atoms with Gasteiger partial charge in [0.2, 0.25) is 0 Å². The van der Waals surface area contributed by atoms with Gasteiger partial charge < -0.3 is 0 Å². The van der Waals surface area contributed by atoms with E-state index in [9.17, 15) is 0 Å². The molecule has 0 nitrogen and oxygen atoms in total. The third-order valence-corrected chi connectivity index (χ3v) is 3.85. The highest BCUT2D eigenvalue weighted by Crippen LogP contribution is 2.14. The van der Waals surface area contributed by atoms with Crippen molar-refractivity contribution in [3.63, 3.8) is 0 Å². The second-order valence-electron chi connectivity index (χ2n) is 5.74. The molecule has 2 aromatic carbocycles. The zero-order valence-corrected chi connectivity index (χ0v) is 13.0. The first-order valence-electron chi connectivity index (χ1n) is 7.33. The minimum absolute atomic E-state index is 1.03. The second-order valence-corrected chi connectivity index (χ2v) is 5.74. The van der Waals surface area contributed by atoms with Gasteiger partial charge in [-0.3, -0.25) is 0 Å². The topological polar surface area (TPSA) is 0 Å². The highest BCUT2D eigenvalue weighted by Gasteiger charge is 1.98. The summed E-state index contributed by atoms with van der Waals surface area (Å²) >= 11 is 0. The Kier molecular flexibility index (Phi) is 4.79. The normalized spacial score (nSPS) is 11.2. The van der Waals surface area contributed by atoms with E-state index in [0.29, 0.717) is 0 Å². The summed E-state index contributed by atoms with van der Waals surface area (Å²) in [5, 5.41) is 0. The van der Waals surface area contributed by atoms with Crippen molar-refractivity contribution >= 4 is 0 Å². The molecule has 0 N–H and O–H groups in total. The summed E-state index contributed by atoms with van der Waals surface area (Å²) < 4.78 is 0. The van der Waals surface area contributed by atoms with E-state index >= 15 is 0 Å². The van der Waals surface area contributed by atoms with Crippen LogP contribution in [-0.2, 0) is 12.8 Å². The van der Waals surface area contributed by atoms with Gasteiger partial charge in [-0.25, -0.2) is 0 Å². The van der Waals surface area contributed by atoms with E-state index in [4.69, 9.17) is 0 Å². The van der Waals surface area contributed by atoms with Gasteiger partial charge in [-0.1, -0.05) is 59.7 Å². The number of benzene rings is 2. The lowest BCUT2D eigenvalue weighted by Crippen LogP contribution is -1.90. The van der Waals surface area contributed by atoms with Crippen LogP contribution < -0.4 is 0 Å². The molecule has 0 aliphatic heterocycles. The average molecular weight is 264 g/mol. The van der Waals surface area contributed by atoms with E-state index in [0.717, 1.165) is 12.8 Å². The quantitative estimate of drug-likeness (QED) is 0.661. The smallest absolute Gasteiger partial charge is 0.00946 e. The maximum atomic E-state index is 2.30. The van der Waals surface area contributed by atoms with Crippen molar-refractivity contribution in [3.05, 3.63) is 81.9 Å². The minimum Gasteiger partial charge on any atom is -0.0838 e. The summed E-state index contributed by atoms with van der Waals surface area (Å²) in [6.07, 6.45) is 6.64. The molecule has 0 aliphatic carbocycles. The molecule has 0 unspecified atom stereocenters. The van der Waals surface area contributed by atoms with Gasteiger partial charge in [0.25, 0.3) is 0 Å². The van der Waals surface area contributed by atoms with Crippen LogP contribution in [0.25, 0.3) is 0 Å². The predicted molar refractivity (Wildman–Crippen MR) is 88.4 cm³/mol. The zero-order chi connectivity index (χ0) is 14.5. The molecule has 0 saturated carbocycles. The average Bonchev–Trinajstić information content (AvgIpc) is 2.42. The van der Waals surface area contributed by atoms with Gasteiger partial charge in [0, 0.05) is 0 Å². The fourth-order valence-corrected chi connectivity index (χ4v) is 2.46. The first-order valence-corrected chi connectivity index (χ1v) is 7.33. The molecule has 2 rings (SSSR count). The molecule has 0 aromatic heterocycles. The lowest BCUT2D eigenvalue weighted by molar-refractivity contribution is 1.15. The zero-order valence-electron chi connectivity index (χ0n) is 13.0. The van der Waals surface area contributed by atoms with E-state index in [1.807, 2.05) is 0 Å². The van der Waals surface area contributed by atoms with Crippen molar-refractivity contribution < 1.29 is 0 Å². The highest BCUT2D eigenvalue weighted by atomic mass is 14.0. The molecule has 0 aliphatic rings. The first kappa shape index (κ1) is 14.6. The van der Waals surface area contributed by atoms with E-state index in [2.05, 4.69) is 76.2 Å². The summed E-state index contributed by atoms with van der Waals surface area (Å²) in [6.45, 7) is 8.69. The Labute approximate surface area is 123 Å². The van der Waals surface area contributed by atoms with Crippen LogP contribution in [0.3, 0.4) is 0 Å². The second kappa shape index (κ2) is 6.56. The van der Waals surface area contributed by atoms with Gasteiger partial charge in [-0.15, -0.1) is 0 Å². The molecule has 0 bridgehead atoms. The Morgan fingerprint density at radius 2 is 1.05 bits per heavy atom. The Bertz CT molecular complexity index is 562. The molecule has 0 amide bonds. The summed E-state index contributed by atoms with van der Waals surface area (Å²) in [4.78, 5) is 0. The SMILES string of the molecule is Cc1ccc(C)c(C/C=C\Cc2cc(C)ccc2C)c1. The van der Waals surface area contributed by atoms with Gasteiger partial charge in [0.05, 0.1) is 0 Å². The molecular weight excluding hydrogens is 240 g/mol. The minimum atomic E-state index is 1.03. The van der Waals surface area contributed by atoms with Crippen LogP contribution in [0.1, 0.15) is 33.4 Å². The van der Waals surface area contributed by atoms with Gasteiger partial charge in [-0.2, -0.15) is 0 Å². The lowest BCUT2D eigenvalue weighted by Gasteiger charge is -2.05. The third kappa shape index (κ3) is 3.84. The Morgan fingerprint density at radius 1 is 0.650 bits per heavy atom. The molecule has 2 aromatic rings. The summed E-state index contributed by atoms with van der Waals surface area (Å²) in [6, 6.07) is 13.4. The van der Waals surface area contributed by atoms with Crippen molar-refractivity contribution in [1.29, 1.82) is 0 Å². The number of aryl methyl sites for hydroxylation is 4. The van der Waals surface area contributed by atoms with Crippen molar-refractivity contribution in [2.24, 2.45) is 0 Å². The largest absolute Gasteiger partial charge is 0.0838 e. The van der Waals surface area contributed by atoms with Crippen LogP contribution in [0.4, 0.5) is 0 Å². The van der Waals surface area contributed by atoms with Crippen LogP contribution in [-0.4, -0.2) is 0 Å². The van der Waals surface area contributed by atoms with Crippen molar-refractivity contribution in [1.82, 2.24) is 0 Å². The molecule has 0 spiro atoms. The molecular formula is C20H24. The molecule has 20 heavy (non-hydrogen) atoms. The summed E-state index contributed by atoms with van der Waals surface area (Å²) in [5.74, 6) is 0. The molecule has 0 saturated heterocycles. The maximum absolute atomic E-state index is 2.30. The van der Waals surface area contributed by atoms with Gasteiger partial charge in [0.15, 0.2) is 0 Å². The van der Waals surface area contributed by atoms with Crippen LogP contribution >= 0.6 is 0 Å². The van der Waals surface area contributed by atoms with Crippen molar-refractivity contribution in [2.75, 3.05) is 0 Å². The number of hydrogen-bond donors (Lipinski definition) is 0. The summed E-state index contributed by atoms with van der Waals surface area (Å²) in [7, 11) is 0. The molecule has 104 valence electrons. The lowest BCUT2D eigenvalue weighted by atomic mass is 10.0. The third-order valence-electron chi connectivity index (χ3n) is 3.85. The van der Waals surface area contributed by atoms with E-state index < -0.39 is 0 Å². The maximum Gasteiger partial charge on any atom is -0.00946 e. The number of allylic oxidation sites excluding steroid dienone is 2. The van der Waals surface area contributed by atoms with Crippen LogP contribution in [0.5, 0.6) is 0 Å². The fraction of sp³-hybridized carbons (Fsp3) is 0.300. The molecule has 0 fully saturated rings. The van der Waals surface area contributed by atoms with Crippen molar-refractivity contribution in [2.45, 2.75) is 40.5 Å². The van der Waals surface area contributed by atoms with E-state index in [1.54, 1.807) is 0 Å². The van der Waals surface area contributed by atoms with E-state index in [-0.39, 0.29) is 0 Å². The molecule has 0 atom stereocenters. The molecule has 0 heteroatoms. The highest BCUT2D eigenvalue weighted by molar-refractivity contribution is 5.33. The van der Waals surface area contributed by atoms with Gasteiger partial charge in [0.1, 0.15) is 0 Å². The summed E-state index contributed by atoms with van der Waals surface area (Å²) in [5.41, 5.74) is 8.31. The Morgan fingerprint density at radius 3 is 1.45 bits per heavy atom. The molecule has 0 heterocycles. The predicted octanol–water partition coefficient (Wildman–Crippen LogP) is 5.26. The van der Waals surface area contributed by atoms with Crippen LogP contribution in [0, 0.1) is 27.7 Å². The van der Waals surface area contributed by atoms with E-state index in [1.165, 1.54) is 33.4 Å². The monoisotopic (exact) mass is 264 g/mol. The first-order chi connectivity index (χ1) is 9.56. The van der Waals surface area contributed by atoms with Crippen LogP contribution in [0.15, 0.2) is 48.6 Å². The standard InChI is InChI=1S/C20H24/c1-15-9-11-17(3)19(13-15)7-5-6-8-20-14-16(2)10-12-18(20)4/h5-6,9-14H,7-8H2,1-4H3/b6-5-. The van der Waals surface area contributed by atoms with Crippen LogP contribution in [0.2, 0.25) is 0 Å². The number of hydrogen-bond acceptors (Lipinski definition) is 0. The van der Waals surface area contributed by atoms with Gasteiger partial charge >= 0.3 is 0 Å². The number of rotatable bonds is 4. The molecule has 0 radical (unpaired) electrons.